The van der Waals surface area contributed by atoms with Crippen LogP contribution in [-0.2, 0) is 0 Å². The van der Waals surface area contributed by atoms with Gasteiger partial charge in [0.15, 0.2) is 11.6 Å². The fourth-order valence-electron chi connectivity index (χ4n) is 3.55. The lowest BCUT2D eigenvalue weighted by Crippen LogP contribution is -2.43. The molecule has 0 saturated carbocycles. The van der Waals surface area contributed by atoms with Crippen molar-refractivity contribution in [3.05, 3.63) is 64.3 Å². The van der Waals surface area contributed by atoms with E-state index in [1.807, 2.05) is 6.20 Å². The van der Waals surface area contributed by atoms with Crippen molar-refractivity contribution >= 4 is 34.7 Å². The average Bonchev–Trinajstić information content (AvgIpc) is 2.79. The van der Waals surface area contributed by atoms with E-state index in [9.17, 15) is 4.39 Å². The van der Waals surface area contributed by atoms with E-state index in [1.165, 1.54) is 12.1 Å². The molecule has 0 aliphatic carbocycles. The molecule has 4 rings (SSSR count). The van der Waals surface area contributed by atoms with Gasteiger partial charge in [0.2, 0.25) is 0 Å². The van der Waals surface area contributed by atoms with E-state index < -0.39 is 11.9 Å². The first kappa shape index (κ1) is 21.6. The third-order valence-electron chi connectivity index (χ3n) is 5.21. The summed E-state index contributed by atoms with van der Waals surface area (Å²) in [5.74, 6) is 0.00611. The summed E-state index contributed by atoms with van der Waals surface area (Å²) >= 11 is 12.3. The minimum atomic E-state index is -0.639. The normalized spacial score (nSPS) is 15.0. The van der Waals surface area contributed by atoms with Gasteiger partial charge in [0.1, 0.15) is 11.9 Å². The van der Waals surface area contributed by atoms with Gasteiger partial charge in [-0.2, -0.15) is 0 Å². The van der Waals surface area contributed by atoms with Crippen molar-refractivity contribution in [2.45, 2.75) is 13.0 Å². The molecule has 1 aromatic carbocycles. The van der Waals surface area contributed by atoms with E-state index in [1.54, 1.807) is 25.4 Å². The van der Waals surface area contributed by atoms with Gasteiger partial charge >= 0.3 is 0 Å². The monoisotopic (exact) mass is 461 g/mol. The van der Waals surface area contributed by atoms with Gasteiger partial charge in [0.25, 0.3) is 0 Å². The Morgan fingerprint density at radius 1 is 1.13 bits per heavy atom. The summed E-state index contributed by atoms with van der Waals surface area (Å²) in [6.45, 7) is 5.45. The van der Waals surface area contributed by atoms with Crippen LogP contribution in [-0.4, -0.2) is 36.1 Å². The van der Waals surface area contributed by atoms with Gasteiger partial charge < -0.3 is 20.7 Å². The Morgan fingerprint density at radius 2 is 1.87 bits per heavy atom. The number of nitrogens with one attached hydrogen (secondary N) is 1. The highest BCUT2D eigenvalue weighted by Gasteiger charge is 2.20. The molecule has 0 radical (unpaired) electrons. The maximum Gasteiger partial charge on any atom is 0.166 e. The molecule has 1 saturated heterocycles. The number of nitrogens with two attached hydrogens (primary N) is 1. The van der Waals surface area contributed by atoms with Gasteiger partial charge in [-0.1, -0.05) is 23.2 Å². The number of nitrogen functional groups attached to an aromatic ring is 1. The number of anilines is 2. The van der Waals surface area contributed by atoms with Crippen LogP contribution in [0, 0.1) is 5.82 Å². The number of ether oxygens (including phenoxy) is 1. The van der Waals surface area contributed by atoms with Crippen LogP contribution in [0.2, 0.25) is 10.0 Å². The Kier molecular flexibility index (Phi) is 6.46. The molecule has 1 unspecified atom stereocenters. The largest absolute Gasteiger partial charge is 0.482 e. The number of pyridine rings is 2. The summed E-state index contributed by atoms with van der Waals surface area (Å²) in [5.41, 5.74) is 9.14. The predicted octanol–water partition coefficient (Wildman–Crippen LogP) is 4.72. The molecule has 9 heteroatoms. The minimum Gasteiger partial charge on any atom is -0.482 e. The second-order valence-corrected chi connectivity index (χ2v) is 8.08. The molecule has 3 N–H and O–H groups in total. The Labute approximate surface area is 190 Å². The Hall–Kier alpha value is -2.61. The highest BCUT2D eigenvalue weighted by atomic mass is 35.5. The predicted molar refractivity (Wildman–Crippen MR) is 122 cm³/mol. The van der Waals surface area contributed by atoms with Crippen LogP contribution in [0.25, 0.3) is 11.1 Å². The van der Waals surface area contributed by atoms with Gasteiger partial charge in [-0.05, 0) is 31.2 Å². The van der Waals surface area contributed by atoms with Crippen LogP contribution in [0.1, 0.15) is 18.6 Å². The second-order valence-electron chi connectivity index (χ2n) is 7.29. The molecule has 1 atom stereocenters. The second kappa shape index (κ2) is 9.26. The number of piperazine rings is 1. The van der Waals surface area contributed by atoms with Gasteiger partial charge in [-0.3, -0.25) is 4.98 Å². The van der Waals surface area contributed by atoms with Gasteiger partial charge in [-0.25, -0.2) is 9.37 Å². The molecule has 3 heterocycles. The van der Waals surface area contributed by atoms with Crippen LogP contribution in [0.4, 0.5) is 15.9 Å². The van der Waals surface area contributed by atoms with E-state index in [4.69, 9.17) is 33.7 Å². The van der Waals surface area contributed by atoms with Crippen molar-refractivity contribution in [1.82, 2.24) is 15.3 Å². The lowest BCUT2D eigenvalue weighted by atomic mass is 10.1. The number of rotatable bonds is 5. The first-order valence-corrected chi connectivity index (χ1v) is 10.7. The molecule has 31 heavy (non-hydrogen) atoms. The van der Waals surface area contributed by atoms with Crippen molar-refractivity contribution in [2.24, 2.45) is 0 Å². The minimum absolute atomic E-state index is 0.0735. The number of hydrogen-bond donors (Lipinski definition) is 2. The van der Waals surface area contributed by atoms with Crippen molar-refractivity contribution in [1.29, 1.82) is 0 Å². The van der Waals surface area contributed by atoms with E-state index in [-0.39, 0.29) is 10.8 Å². The van der Waals surface area contributed by atoms with E-state index >= 15 is 0 Å². The van der Waals surface area contributed by atoms with Crippen molar-refractivity contribution in [3.8, 4) is 16.9 Å². The van der Waals surface area contributed by atoms with E-state index in [0.29, 0.717) is 16.3 Å². The summed E-state index contributed by atoms with van der Waals surface area (Å²) in [5, 5.41) is 3.58. The molecule has 0 spiro atoms. The molecule has 0 bridgehead atoms. The molecule has 6 nitrogen and oxygen atoms in total. The van der Waals surface area contributed by atoms with Crippen LogP contribution in [0.5, 0.6) is 5.75 Å². The first-order chi connectivity index (χ1) is 14.9. The zero-order chi connectivity index (χ0) is 22.0. The summed E-state index contributed by atoms with van der Waals surface area (Å²) in [4.78, 5) is 10.9. The third-order valence-corrected chi connectivity index (χ3v) is 5.92. The molecular formula is C22H22Cl2FN5O. The molecule has 3 aromatic rings. The lowest BCUT2D eigenvalue weighted by molar-refractivity contribution is 0.227. The standard InChI is InChI=1S/C22H22Cl2FN5O/c1-13(20-17(23)2-3-18(25)21(20)24)31-19-9-15(11-29-22(19)26)14-8-16(12-28-10-14)30-6-4-27-5-7-30/h2-3,8-13,27H,4-7H2,1H3,(H2,26,29). The van der Waals surface area contributed by atoms with Crippen LogP contribution in [0.15, 0.2) is 42.9 Å². The highest BCUT2D eigenvalue weighted by Crippen LogP contribution is 2.37. The quantitative estimate of drug-likeness (QED) is 0.535. The van der Waals surface area contributed by atoms with E-state index in [2.05, 4.69) is 26.3 Å². The molecule has 2 aromatic heterocycles. The number of nitrogens with zero attached hydrogens (tertiary/aromatic N) is 3. The van der Waals surface area contributed by atoms with Crippen LogP contribution >= 0.6 is 23.2 Å². The Morgan fingerprint density at radius 3 is 2.65 bits per heavy atom. The van der Waals surface area contributed by atoms with Crippen LogP contribution < -0.4 is 20.7 Å². The zero-order valence-corrected chi connectivity index (χ0v) is 18.4. The van der Waals surface area contributed by atoms with E-state index in [0.717, 1.165) is 43.0 Å². The number of hydrogen-bond acceptors (Lipinski definition) is 6. The van der Waals surface area contributed by atoms with Gasteiger partial charge in [-0.15, -0.1) is 0 Å². The summed E-state index contributed by atoms with van der Waals surface area (Å²) in [6.07, 6.45) is 4.66. The first-order valence-electron chi connectivity index (χ1n) is 9.90. The molecular weight excluding hydrogens is 440 g/mol. The molecule has 162 valence electrons. The topological polar surface area (TPSA) is 76.3 Å². The zero-order valence-electron chi connectivity index (χ0n) is 16.9. The summed E-state index contributed by atoms with van der Waals surface area (Å²) in [7, 11) is 0. The number of benzene rings is 1. The maximum absolute atomic E-state index is 13.9. The number of aromatic nitrogens is 2. The van der Waals surface area contributed by atoms with Gasteiger partial charge in [0.05, 0.1) is 16.9 Å². The molecule has 1 fully saturated rings. The SMILES string of the molecule is CC(Oc1cc(-c2cncc(N3CCNCC3)c2)cnc1N)c1c(Cl)ccc(F)c1Cl. The maximum atomic E-state index is 13.9. The smallest absolute Gasteiger partial charge is 0.166 e. The fraction of sp³-hybridized carbons (Fsp3) is 0.273. The average molecular weight is 462 g/mol. The Balaban J connectivity index is 1.62. The molecule has 1 aliphatic heterocycles. The Bertz CT molecular complexity index is 1090. The summed E-state index contributed by atoms with van der Waals surface area (Å²) < 4.78 is 19.9. The summed E-state index contributed by atoms with van der Waals surface area (Å²) in [6, 6.07) is 6.52. The van der Waals surface area contributed by atoms with Crippen molar-refractivity contribution < 1.29 is 9.13 Å². The molecule has 0 amide bonds. The fourth-order valence-corrected chi connectivity index (χ4v) is 4.23. The van der Waals surface area contributed by atoms with Crippen molar-refractivity contribution in [3.63, 3.8) is 0 Å². The van der Waals surface area contributed by atoms with Gasteiger partial charge in [0, 0.05) is 60.3 Å². The van der Waals surface area contributed by atoms with Crippen LogP contribution in [0.3, 0.4) is 0 Å². The number of halogens is 3. The lowest BCUT2D eigenvalue weighted by Gasteiger charge is -2.29. The highest BCUT2D eigenvalue weighted by molar-refractivity contribution is 6.36. The van der Waals surface area contributed by atoms with Crippen molar-refractivity contribution in [2.75, 3.05) is 36.8 Å². The molecule has 1 aliphatic rings. The third kappa shape index (κ3) is 4.69.